The van der Waals surface area contributed by atoms with Crippen molar-refractivity contribution >= 4 is 52.0 Å². The maximum absolute atomic E-state index is 12.2. The molecule has 3 rings (SSSR count). The van der Waals surface area contributed by atoms with Crippen LogP contribution in [-0.4, -0.2) is 35.1 Å². The average Bonchev–Trinajstić information content (AvgIpc) is 3.27. The fourth-order valence-corrected chi connectivity index (χ4v) is 3.77. The highest BCUT2D eigenvalue weighted by Gasteiger charge is 2.32. The summed E-state index contributed by atoms with van der Waals surface area (Å²) in [5, 5.41) is 15.2. The van der Waals surface area contributed by atoms with Crippen LogP contribution >= 0.6 is 23.1 Å². The molecule has 2 amide bonds. The summed E-state index contributed by atoms with van der Waals surface area (Å²) in [7, 11) is 0. The van der Waals surface area contributed by atoms with Crippen molar-refractivity contribution in [1.82, 2.24) is 5.32 Å². The topological polar surface area (TPSA) is 92.2 Å². The van der Waals surface area contributed by atoms with Gasteiger partial charge in [-0.1, -0.05) is 17.8 Å². The first-order valence-corrected chi connectivity index (χ1v) is 10.0. The predicted octanol–water partition coefficient (Wildman–Crippen LogP) is 3.10. The minimum atomic E-state index is -0.525. The van der Waals surface area contributed by atoms with Crippen molar-refractivity contribution in [3.8, 4) is 5.75 Å². The number of rotatable bonds is 7. The third kappa shape index (κ3) is 5.66. The summed E-state index contributed by atoms with van der Waals surface area (Å²) in [6.07, 6.45) is 1.67. The van der Waals surface area contributed by atoms with E-state index in [0.29, 0.717) is 17.5 Å². The van der Waals surface area contributed by atoms with Crippen LogP contribution in [0.3, 0.4) is 0 Å². The van der Waals surface area contributed by atoms with Crippen LogP contribution in [0.2, 0.25) is 0 Å². The van der Waals surface area contributed by atoms with E-state index in [-0.39, 0.29) is 18.2 Å². The lowest BCUT2D eigenvalue weighted by Gasteiger charge is -2.08. The van der Waals surface area contributed by atoms with Crippen molar-refractivity contribution < 1.29 is 14.3 Å². The SMILES string of the molecule is CCOc1ccc(NC(=O)CC2SC(=NN=Cc3cccs3)NC2=O)cc1. The first-order valence-electron chi connectivity index (χ1n) is 8.29. The van der Waals surface area contributed by atoms with Gasteiger partial charge in [-0.25, -0.2) is 0 Å². The molecule has 0 aliphatic carbocycles. The summed E-state index contributed by atoms with van der Waals surface area (Å²) in [4.78, 5) is 25.2. The molecule has 2 N–H and O–H groups in total. The van der Waals surface area contributed by atoms with E-state index in [1.807, 2.05) is 24.4 Å². The minimum absolute atomic E-state index is 0.0529. The van der Waals surface area contributed by atoms with Gasteiger partial charge in [0.2, 0.25) is 11.8 Å². The Hall–Kier alpha value is -2.65. The molecule has 1 unspecified atom stereocenters. The molecule has 1 aliphatic rings. The van der Waals surface area contributed by atoms with Crippen molar-refractivity contribution in [3.63, 3.8) is 0 Å². The van der Waals surface area contributed by atoms with Gasteiger partial charge in [0.25, 0.3) is 0 Å². The number of thiophene rings is 1. The Balaban J connectivity index is 1.51. The summed E-state index contributed by atoms with van der Waals surface area (Å²) >= 11 is 2.75. The summed E-state index contributed by atoms with van der Waals surface area (Å²) in [6, 6.07) is 10.9. The lowest BCUT2D eigenvalue weighted by molar-refractivity contribution is -0.122. The number of amidine groups is 1. The van der Waals surface area contributed by atoms with E-state index in [1.165, 1.54) is 11.8 Å². The number of thioether (sulfide) groups is 1. The summed E-state index contributed by atoms with van der Waals surface area (Å²) in [5.41, 5.74) is 0.654. The van der Waals surface area contributed by atoms with Gasteiger partial charge >= 0.3 is 0 Å². The Morgan fingerprint density at radius 2 is 2.15 bits per heavy atom. The van der Waals surface area contributed by atoms with Crippen LogP contribution in [0, 0.1) is 0 Å². The third-order valence-corrected chi connectivity index (χ3v) is 5.35. The molecule has 27 heavy (non-hydrogen) atoms. The molecule has 9 heteroatoms. The molecule has 1 saturated heterocycles. The zero-order chi connectivity index (χ0) is 19.1. The van der Waals surface area contributed by atoms with Crippen molar-refractivity contribution in [2.75, 3.05) is 11.9 Å². The summed E-state index contributed by atoms with van der Waals surface area (Å²) in [5.74, 6) is 0.257. The molecule has 0 spiro atoms. The number of carbonyl (C=O) groups is 2. The lowest BCUT2D eigenvalue weighted by atomic mass is 10.2. The van der Waals surface area contributed by atoms with E-state index < -0.39 is 5.25 Å². The minimum Gasteiger partial charge on any atom is -0.494 e. The quantitative estimate of drug-likeness (QED) is 0.550. The summed E-state index contributed by atoms with van der Waals surface area (Å²) in [6.45, 7) is 2.49. The van der Waals surface area contributed by atoms with Crippen LogP contribution in [0.4, 0.5) is 5.69 Å². The smallest absolute Gasteiger partial charge is 0.240 e. The number of ether oxygens (including phenoxy) is 1. The predicted molar refractivity (Wildman–Crippen MR) is 110 cm³/mol. The lowest BCUT2D eigenvalue weighted by Crippen LogP contribution is -2.28. The normalized spacial score (nSPS) is 18.0. The van der Waals surface area contributed by atoms with E-state index in [9.17, 15) is 9.59 Å². The number of nitrogens with one attached hydrogen (secondary N) is 2. The van der Waals surface area contributed by atoms with E-state index in [4.69, 9.17) is 4.74 Å². The number of hydrogen-bond donors (Lipinski definition) is 2. The van der Waals surface area contributed by atoms with Gasteiger partial charge in [0.15, 0.2) is 5.17 Å². The van der Waals surface area contributed by atoms with Crippen LogP contribution < -0.4 is 15.4 Å². The Bertz CT molecular complexity index is 848. The van der Waals surface area contributed by atoms with Crippen molar-refractivity contribution in [3.05, 3.63) is 46.7 Å². The number of amides is 2. The van der Waals surface area contributed by atoms with E-state index in [2.05, 4.69) is 20.8 Å². The van der Waals surface area contributed by atoms with Gasteiger partial charge < -0.3 is 15.4 Å². The molecule has 1 aromatic heterocycles. The third-order valence-electron chi connectivity index (χ3n) is 3.47. The van der Waals surface area contributed by atoms with Crippen LogP contribution in [-0.2, 0) is 9.59 Å². The maximum atomic E-state index is 12.2. The van der Waals surface area contributed by atoms with E-state index in [1.54, 1.807) is 41.8 Å². The fraction of sp³-hybridized carbons (Fsp3) is 0.222. The molecule has 2 heterocycles. The maximum Gasteiger partial charge on any atom is 0.240 e. The van der Waals surface area contributed by atoms with Gasteiger partial charge in [0.1, 0.15) is 11.0 Å². The van der Waals surface area contributed by atoms with Crippen molar-refractivity contribution in [1.29, 1.82) is 0 Å². The molecular weight excluding hydrogens is 384 g/mol. The fourth-order valence-electron chi connectivity index (χ4n) is 2.27. The zero-order valence-corrected chi connectivity index (χ0v) is 16.2. The van der Waals surface area contributed by atoms with E-state index >= 15 is 0 Å². The Morgan fingerprint density at radius 3 is 2.85 bits per heavy atom. The highest BCUT2D eigenvalue weighted by atomic mass is 32.2. The number of anilines is 1. The van der Waals surface area contributed by atoms with Crippen molar-refractivity contribution in [2.24, 2.45) is 10.2 Å². The second kappa shape index (κ2) is 9.33. The molecule has 1 fully saturated rings. The molecule has 1 aromatic carbocycles. The second-order valence-corrected chi connectivity index (χ2v) is 7.64. The van der Waals surface area contributed by atoms with Gasteiger partial charge in [0.05, 0.1) is 12.8 Å². The first-order chi connectivity index (χ1) is 13.1. The highest BCUT2D eigenvalue weighted by molar-refractivity contribution is 8.15. The molecule has 1 aliphatic heterocycles. The molecular formula is C18H18N4O3S2. The molecule has 0 radical (unpaired) electrons. The second-order valence-electron chi connectivity index (χ2n) is 5.47. The Kier molecular flexibility index (Phi) is 6.61. The number of hydrogen-bond acceptors (Lipinski definition) is 7. The first kappa shape index (κ1) is 19.1. The molecule has 7 nitrogen and oxygen atoms in total. The molecule has 1 atom stereocenters. The highest BCUT2D eigenvalue weighted by Crippen LogP contribution is 2.23. The monoisotopic (exact) mass is 402 g/mol. The average molecular weight is 403 g/mol. The van der Waals surface area contributed by atoms with Crippen LogP contribution in [0.1, 0.15) is 18.2 Å². The number of carbonyl (C=O) groups excluding carboxylic acids is 2. The van der Waals surface area contributed by atoms with Gasteiger partial charge in [-0.3, -0.25) is 9.59 Å². The van der Waals surface area contributed by atoms with Gasteiger partial charge in [-0.05, 0) is 42.6 Å². The molecule has 140 valence electrons. The Labute approximate surface area is 164 Å². The van der Waals surface area contributed by atoms with Gasteiger partial charge in [0, 0.05) is 17.0 Å². The van der Waals surface area contributed by atoms with Gasteiger partial charge in [-0.15, -0.1) is 16.4 Å². The largest absolute Gasteiger partial charge is 0.494 e. The molecule has 2 aromatic rings. The number of nitrogens with zero attached hydrogens (tertiary/aromatic N) is 2. The van der Waals surface area contributed by atoms with Crippen molar-refractivity contribution in [2.45, 2.75) is 18.6 Å². The standard InChI is InChI=1S/C18H18N4O3S2/c1-2-25-13-7-5-12(6-8-13)20-16(23)10-15-17(24)21-18(27-15)22-19-11-14-4-3-9-26-14/h3-9,11,15H,2,10H2,1H3,(H,20,23)(H,21,22,24). The molecule has 0 saturated carbocycles. The number of benzene rings is 1. The van der Waals surface area contributed by atoms with Gasteiger partial charge in [-0.2, -0.15) is 5.10 Å². The van der Waals surface area contributed by atoms with E-state index in [0.717, 1.165) is 10.6 Å². The Morgan fingerprint density at radius 1 is 1.33 bits per heavy atom. The van der Waals surface area contributed by atoms with Crippen LogP contribution in [0.5, 0.6) is 5.75 Å². The summed E-state index contributed by atoms with van der Waals surface area (Å²) < 4.78 is 5.36. The molecule has 0 bridgehead atoms. The van der Waals surface area contributed by atoms with Crippen LogP contribution in [0.15, 0.2) is 52.0 Å². The van der Waals surface area contributed by atoms with Crippen LogP contribution in [0.25, 0.3) is 0 Å². The zero-order valence-electron chi connectivity index (χ0n) is 14.5.